The molecule has 0 amide bonds. The van der Waals surface area contributed by atoms with Crippen LogP contribution in [0.4, 0.5) is 0 Å². The van der Waals surface area contributed by atoms with Crippen molar-refractivity contribution in [2.45, 2.75) is 19.0 Å². The smallest absolute Gasteiger partial charge is 0.305 e. The minimum Gasteiger partial charge on any atom is -0.394 e. The van der Waals surface area contributed by atoms with Crippen molar-refractivity contribution in [1.82, 2.24) is 0 Å². The zero-order valence-corrected chi connectivity index (χ0v) is 6.65. The van der Waals surface area contributed by atoms with Crippen LogP contribution in [0.2, 0.25) is 0 Å². The maximum atomic E-state index is 8.95. The lowest BCUT2D eigenvalue weighted by atomic mass is 10.3. The highest BCUT2D eigenvalue weighted by Gasteiger charge is 2.31. The summed E-state index contributed by atoms with van der Waals surface area (Å²) >= 11 is 0. The van der Waals surface area contributed by atoms with Gasteiger partial charge in [-0.2, -0.15) is 0 Å². The van der Waals surface area contributed by atoms with E-state index in [0.29, 0.717) is 0 Å². The maximum absolute atomic E-state index is 8.95. The first kappa shape index (κ1) is 10.8. The molecule has 0 rings (SSSR count). The van der Waals surface area contributed by atoms with Crippen molar-refractivity contribution < 1.29 is 24.8 Å². The van der Waals surface area contributed by atoms with Gasteiger partial charge in [0, 0.05) is 7.11 Å². The topological polar surface area (TPSA) is 79.2 Å². The second-order valence-corrected chi connectivity index (χ2v) is 2.10. The monoisotopic (exact) mass is 166 g/mol. The lowest BCUT2D eigenvalue weighted by Gasteiger charge is -2.25. The summed E-state index contributed by atoms with van der Waals surface area (Å²) in [5, 5.41) is 26.2. The molecule has 0 fully saturated rings. The van der Waals surface area contributed by atoms with Crippen LogP contribution in [0, 0.1) is 0 Å². The fourth-order valence-corrected chi connectivity index (χ4v) is 0.504. The Morgan fingerprint density at radius 3 is 2.36 bits per heavy atom. The summed E-state index contributed by atoms with van der Waals surface area (Å²) in [7, 11) is 1.15. The van der Waals surface area contributed by atoms with Gasteiger partial charge < -0.3 is 24.8 Å². The van der Waals surface area contributed by atoms with Crippen LogP contribution in [0.15, 0.2) is 0 Å². The third kappa shape index (κ3) is 3.64. The second kappa shape index (κ2) is 4.63. The predicted octanol–water partition coefficient (Wildman–Crippen LogP) is -1.33. The standard InChI is InChI=1S/C6H14O5/c1-5(11-4-3-7)6(8,9)10-2/h5,7-9H,3-4H2,1-2H3. The number of hydrogen-bond acceptors (Lipinski definition) is 5. The molecule has 0 saturated heterocycles. The van der Waals surface area contributed by atoms with Crippen molar-refractivity contribution in [3.8, 4) is 0 Å². The third-order valence-electron chi connectivity index (χ3n) is 1.29. The number of ether oxygens (including phenoxy) is 2. The Bertz CT molecular complexity index is 103. The maximum Gasteiger partial charge on any atom is 0.305 e. The van der Waals surface area contributed by atoms with Gasteiger partial charge in [0.15, 0.2) is 0 Å². The van der Waals surface area contributed by atoms with Gasteiger partial charge in [0.05, 0.1) is 13.2 Å². The minimum absolute atomic E-state index is 0.0490. The first-order chi connectivity index (χ1) is 5.04. The van der Waals surface area contributed by atoms with Crippen LogP contribution in [0.5, 0.6) is 0 Å². The molecule has 0 aromatic rings. The van der Waals surface area contributed by atoms with Gasteiger partial charge in [-0.3, -0.25) is 0 Å². The normalized spacial score (nSPS) is 15.0. The van der Waals surface area contributed by atoms with Crippen molar-refractivity contribution >= 4 is 0 Å². The van der Waals surface area contributed by atoms with E-state index in [4.69, 9.17) is 20.1 Å². The Kier molecular flexibility index (Phi) is 4.55. The Labute approximate surface area is 65.2 Å². The second-order valence-electron chi connectivity index (χ2n) is 2.10. The van der Waals surface area contributed by atoms with Crippen LogP contribution in [-0.4, -0.2) is 47.7 Å². The Morgan fingerprint density at radius 1 is 1.45 bits per heavy atom. The van der Waals surface area contributed by atoms with E-state index in [9.17, 15) is 0 Å². The molecule has 0 saturated carbocycles. The molecule has 0 aromatic carbocycles. The Balaban J connectivity index is 3.71. The van der Waals surface area contributed by atoms with Crippen molar-refractivity contribution in [2.24, 2.45) is 0 Å². The quantitative estimate of drug-likeness (QED) is 0.441. The molecule has 68 valence electrons. The number of rotatable bonds is 5. The first-order valence-electron chi connectivity index (χ1n) is 3.27. The van der Waals surface area contributed by atoms with E-state index in [1.807, 2.05) is 0 Å². The Morgan fingerprint density at radius 2 is 2.00 bits per heavy atom. The van der Waals surface area contributed by atoms with Gasteiger partial charge in [-0.15, -0.1) is 0 Å². The highest BCUT2D eigenvalue weighted by molar-refractivity contribution is 4.60. The van der Waals surface area contributed by atoms with E-state index in [0.717, 1.165) is 7.11 Å². The average molecular weight is 166 g/mol. The predicted molar refractivity (Wildman–Crippen MR) is 36.7 cm³/mol. The van der Waals surface area contributed by atoms with Gasteiger partial charge in [0.2, 0.25) is 0 Å². The molecule has 0 bridgehead atoms. The molecular formula is C6H14O5. The lowest BCUT2D eigenvalue weighted by Crippen LogP contribution is -2.44. The van der Waals surface area contributed by atoms with Crippen molar-refractivity contribution in [1.29, 1.82) is 0 Å². The first-order valence-corrected chi connectivity index (χ1v) is 3.27. The van der Waals surface area contributed by atoms with Crippen LogP contribution < -0.4 is 0 Å². The van der Waals surface area contributed by atoms with Crippen LogP contribution in [-0.2, 0) is 9.47 Å². The number of methoxy groups -OCH3 is 1. The molecule has 0 aliphatic heterocycles. The summed E-state index contributed by atoms with van der Waals surface area (Å²) in [5.41, 5.74) is 0. The van der Waals surface area contributed by atoms with Gasteiger partial charge in [0.25, 0.3) is 0 Å². The van der Waals surface area contributed by atoms with E-state index < -0.39 is 12.1 Å². The van der Waals surface area contributed by atoms with Crippen molar-refractivity contribution in [2.75, 3.05) is 20.3 Å². The third-order valence-corrected chi connectivity index (χ3v) is 1.29. The molecular weight excluding hydrogens is 152 g/mol. The minimum atomic E-state index is -2.28. The molecule has 5 heteroatoms. The van der Waals surface area contributed by atoms with Gasteiger partial charge in [-0.05, 0) is 6.92 Å². The lowest BCUT2D eigenvalue weighted by molar-refractivity contribution is -0.369. The van der Waals surface area contributed by atoms with E-state index >= 15 is 0 Å². The molecule has 0 aliphatic rings. The molecule has 0 spiro atoms. The average Bonchev–Trinajstić information content (AvgIpc) is 2.00. The summed E-state index contributed by atoms with van der Waals surface area (Å²) in [5.74, 6) is -2.28. The van der Waals surface area contributed by atoms with E-state index in [1.165, 1.54) is 6.92 Å². The summed E-state index contributed by atoms with van der Waals surface area (Å²) < 4.78 is 9.07. The molecule has 0 aliphatic carbocycles. The number of hydrogen-bond donors (Lipinski definition) is 3. The molecule has 0 radical (unpaired) electrons. The molecule has 11 heavy (non-hydrogen) atoms. The fourth-order valence-electron chi connectivity index (χ4n) is 0.504. The molecule has 1 unspecified atom stereocenters. The molecule has 0 aromatic heterocycles. The molecule has 5 nitrogen and oxygen atoms in total. The van der Waals surface area contributed by atoms with Crippen LogP contribution >= 0.6 is 0 Å². The van der Waals surface area contributed by atoms with E-state index in [-0.39, 0.29) is 13.2 Å². The van der Waals surface area contributed by atoms with Crippen molar-refractivity contribution in [3.63, 3.8) is 0 Å². The zero-order chi connectivity index (χ0) is 8.91. The number of aliphatic hydroxyl groups excluding tert-OH is 1. The highest BCUT2D eigenvalue weighted by atomic mass is 16.8. The van der Waals surface area contributed by atoms with Gasteiger partial charge >= 0.3 is 5.97 Å². The molecule has 3 N–H and O–H groups in total. The van der Waals surface area contributed by atoms with Crippen molar-refractivity contribution in [3.05, 3.63) is 0 Å². The largest absolute Gasteiger partial charge is 0.394 e. The van der Waals surface area contributed by atoms with Gasteiger partial charge in [-0.25, -0.2) is 0 Å². The van der Waals surface area contributed by atoms with Crippen LogP contribution in [0.25, 0.3) is 0 Å². The molecule has 1 atom stereocenters. The fraction of sp³-hybridized carbons (Fsp3) is 1.00. The Hall–Kier alpha value is -0.200. The van der Waals surface area contributed by atoms with E-state index in [1.54, 1.807) is 0 Å². The summed E-state index contributed by atoms with van der Waals surface area (Å²) in [4.78, 5) is 0. The molecule has 0 heterocycles. The SMILES string of the molecule is COC(O)(O)C(C)OCCO. The summed E-state index contributed by atoms with van der Waals surface area (Å²) in [6.45, 7) is 1.32. The van der Waals surface area contributed by atoms with E-state index in [2.05, 4.69) is 4.74 Å². The zero-order valence-electron chi connectivity index (χ0n) is 6.65. The van der Waals surface area contributed by atoms with Crippen LogP contribution in [0.3, 0.4) is 0 Å². The van der Waals surface area contributed by atoms with Gasteiger partial charge in [-0.1, -0.05) is 0 Å². The summed E-state index contributed by atoms with van der Waals surface area (Å²) in [6, 6.07) is 0. The van der Waals surface area contributed by atoms with Gasteiger partial charge in [0.1, 0.15) is 6.10 Å². The highest BCUT2D eigenvalue weighted by Crippen LogP contribution is 2.09. The summed E-state index contributed by atoms with van der Waals surface area (Å²) in [6.07, 6.45) is -0.889. The van der Waals surface area contributed by atoms with Crippen LogP contribution in [0.1, 0.15) is 6.92 Å². The number of aliphatic hydroxyl groups is 3.